The van der Waals surface area contributed by atoms with Gasteiger partial charge in [0.25, 0.3) is 6.43 Å². The lowest BCUT2D eigenvalue weighted by molar-refractivity contribution is -0.142. The highest BCUT2D eigenvalue weighted by atomic mass is 127. The van der Waals surface area contributed by atoms with E-state index in [2.05, 4.69) is 9.72 Å². The topological polar surface area (TPSA) is 63.0 Å². The third-order valence-corrected chi connectivity index (χ3v) is 2.92. The molecule has 1 rings (SSSR count). The highest BCUT2D eigenvalue weighted by Gasteiger charge is 2.23. The van der Waals surface area contributed by atoms with Crippen molar-refractivity contribution in [2.24, 2.45) is 0 Å². The molecule has 0 aliphatic rings. The van der Waals surface area contributed by atoms with Crippen molar-refractivity contribution < 1.29 is 18.3 Å². The Morgan fingerprint density at radius 1 is 1.67 bits per heavy atom. The van der Waals surface area contributed by atoms with Crippen LogP contribution in [0.4, 0.5) is 8.78 Å². The summed E-state index contributed by atoms with van der Waals surface area (Å²) >= 11 is 1.75. The van der Waals surface area contributed by atoms with Crippen molar-refractivity contribution >= 4 is 28.6 Å². The van der Waals surface area contributed by atoms with Gasteiger partial charge in [-0.15, -0.1) is 0 Å². The first-order chi connectivity index (χ1) is 8.51. The van der Waals surface area contributed by atoms with Crippen LogP contribution in [0.1, 0.15) is 30.2 Å². The lowest BCUT2D eigenvalue weighted by atomic mass is 10.1. The Bertz CT molecular complexity index is 501. The molecule has 0 atom stereocenters. The Balaban J connectivity index is 3.20. The van der Waals surface area contributed by atoms with Gasteiger partial charge in [-0.25, -0.2) is 8.78 Å². The average Bonchev–Trinajstić information content (AvgIpc) is 2.30. The summed E-state index contributed by atoms with van der Waals surface area (Å²) in [6, 6.07) is 1.71. The molecule has 7 heteroatoms. The normalized spacial score (nSPS) is 10.2. The Labute approximate surface area is 116 Å². The van der Waals surface area contributed by atoms with Gasteiger partial charge in [0.05, 0.1) is 29.8 Å². The number of carbonyl (C=O) groups is 1. The van der Waals surface area contributed by atoms with E-state index in [-0.39, 0.29) is 24.3 Å². The Kier molecular flexibility index (Phi) is 5.40. The average molecular weight is 366 g/mol. The Morgan fingerprint density at radius 3 is 2.83 bits per heavy atom. The van der Waals surface area contributed by atoms with Crippen LogP contribution in [0, 0.1) is 14.9 Å². The lowest BCUT2D eigenvalue weighted by Gasteiger charge is -2.10. The van der Waals surface area contributed by atoms with Gasteiger partial charge in [-0.3, -0.25) is 9.78 Å². The molecule has 0 amide bonds. The summed E-state index contributed by atoms with van der Waals surface area (Å²) in [7, 11) is 0. The Hall–Kier alpha value is -1.30. The van der Waals surface area contributed by atoms with Crippen LogP contribution in [-0.2, 0) is 16.0 Å². The van der Waals surface area contributed by atoms with Crippen molar-refractivity contribution in [1.82, 2.24) is 4.98 Å². The SMILES string of the molecule is CCOC(=O)Cc1ncc(I)c(C#N)c1C(F)F. The molecular formula is C11H9F2IN2O2. The van der Waals surface area contributed by atoms with Crippen LogP contribution < -0.4 is 0 Å². The zero-order valence-corrected chi connectivity index (χ0v) is 11.6. The number of halogens is 3. The quantitative estimate of drug-likeness (QED) is 0.607. The van der Waals surface area contributed by atoms with E-state index in [9.17, 15) is 13.6 Å². The zero-order chi connectivity index (χ0) is 13.7. The fraction of sp³-hybridized carbons (Fsp3) is 0.364. The molecule has 96 valence electrons. The second-order valence-electron chi connectivity index (χ2n) is 3.24. The maximum absolute atomic E-state index is 12.9. The first kappa shape index (κ1) is 14.8. The van der Waals surface area contributed by atoms with Crippen LogP contribution in [0.3, 0.4) is 0 Å². The molecule has 0 aliphatic heterocycles. The first-order valence-corrected chi connectivity index (χ1v) is 6.10. The molecule has 0 saturated carbocycles. The number of pyridine rings is 1. The molecule has 0 radical (unpaired) electrons. The molecule has 0 spiro atoms. The van der Waals surface area contributed by atoms with Gasteiger partial charge >= 0.3 is 5.97 Å². The number of carbonyl (C=O) groups excluding carboxylic acids is 1. The molecule has 0 unspecified atom stereocenters. The van der Waals surface area contributed by atoms with Crippen LogP contribution in [0.2, 0.25) is 0 Å². The number of hydrogen-bond donors (Lipinski definition) is 0. The van der Waals surface area contributed by atoms with Gasteiger partial charge in [0.1, 0.15) is 6.07 Å². The predicted octanol–water partition coefficient (Wildman–Crippen LogP) is 2.60. The number of hydrogen-bond acceptors (Lipinski definition) is 4. The number of aromatic nitrogens is 1. The number of ether oxygens (including phenoxy) is 1. The van der Waals surface area contributed by atoms with Gasteiger partial charge in [0, 0.05) is 9.77 Å². The van der Waals surface area contributed by atoms with E-state index in [4.69, 9.17) is 5.26 Å². The van der Waals surface area contributed by atoms with Crippen molar-refractivity contribution in [2.75, 3.05) is 6.61 Å². The number of esters is 1. The van der Waals surface area contributed by atoms with E-state index >= 15 is 0 Å². The summed E-state index contributed by atoms with van der Waals surface area (Å²) in [5.74, 6) is -0.642. The lowest BCUT2D eigenvalue weighted by Crippen LogP contribution is -2.12. The maximum Gasteiger partial charge on any atom is 0.311 e. The molecule has 1 aromatic heterocycles. The minimum Gasteiger partial charge on any atom is -0.466 e. The molecule has 18 heavy (non-hydrogen) atoms. The number of nitriles is 1. The summed E-state index contributed by atoms with van der Waals surface area (Å²) < 4.78 is 30.9. The molecular weight excluding hydrogens is 357 g/mol. The molecule has 0 N–H and O–H groups in total. The van der Waals surface area contributed by atoms with Crippen molar-refractivity contribution in [1.29, 1.82) is 5.26 Å². The van der Waals surface area contributed by atoms with Crippen LogP contribution in [0.5, 0.6) is 0 Å². The minimum atomic E-state index is -2.86. The summed E-state index contributed by atoms with van der Waals surface area (Å²) in [5.41, 5.74) is -0.738. The molecule has 0 aliphatic carbocycles. The van der Waals surface area contributed by atoms with Gasteiger partial charge in [0.15, 0.2) is 0 Å². The second-order valence-corrected chi connectivity index (χ2v) is 4.40. The monoisotopic (exact) mass is 366 g/mol. The summed E-state index contributed by atoms with van der Waals surface area (Å²) in [6.45, 7) is 1.78. The zero-order valence-electron chi connectivity index (χ0n) is 9.41. The first-order valence-electron chi connectivity index (χ1n) is 5.02. The fourth-order valence-corrected chi connectivity index (χ4v) is 1.93. The molecule has 0 saturated heterocycles. The Morgan fingerprint density at radius 2 is 2.33 bits per heavy atom. The second kappa shape index (κ2) is 6.58. The molecule has 0 bridgehead atoms. The van der Waals surface area contributed by atoms with Crippen molar-refractivity contribution in [3.05, 3.63) is 26.6 Å². The summed E-state index contributed by atoms with van der Waals surface area (Å²) in [5, 5.41) is 8.88. The molecule has 1 aromatic rings. The van der Waals surface area contributed by atoms with Crippen molar-refractivity contribution in [3.63, 3.8) is 0 Å². The van der Waals surface area contributed by atoms with Gasteiger partial charge in [-0.2, -0.15) is 5.26 Å². The van der Waals surface area contributed by atoms with Crippen LogP contribution in [-0.4, -0.2) is 17.6 Å². The third-order valence-electron chi connectivity index (χ3n) is 2.10. The van der Waals surface area contributed by atoms with E-state index in [0.29, 0.717) is 3.57 Å². The van der Waals surface area contributed by atoms with Crippen molar-refractivity contribution in [2.45, 2.75) is 19.8 Å². The van der Waals surface area contributed by atoms with Crippen LogP contribution in [0.25, 0.3) is 0 Å². The van der Waals surface area contributed by atoms with E-state index < -0.39 is 18.0 Å². The third kappa shape index (κ3) is 3.35. The molecule has 4 nitrogen and oxygen atoms in total. The van der Waals surface area contributed by atoms with E-state index in [0.717, 1.165) is 0 Å². The molecule has 1 heterocycles. The number of nitrogens with zero attached hydrogens (tertiary/aromatic N) is 2. The number of alkyl halides is 2. The smallest absolute Gasteiger partial charge is 0.311 e. The van der Waals surface area contributed by atoms with Crippen LogP contribution >= 0.6 is 22.6 Å². The van der Waals surface area contributed by atoms with E-state index in [1.807, 2.05) is 0 Å². The van der Waals surface area contributed by atoms with Gasteiger partial charge in [-0.1, -0.05) is 0 Å². The summed E-state index contributed by atoms with van der Waals surface area (Å²) in [4.78, 5) is 15.1. The fourth-order valence-electron chi connectivity index (χ4n) is 1.38. The summed E-state index contributed by atoms with van der Waals surface area (Å²) in [6.07, 6.45) is -1.93. The van der Waals surface area contributed by atoms with Gasteiger partial charge in [-0.05, 0) is 29.5 Å². The largest absolute Gasteiger partial charge is 0.466 e. The van der Waals surface area contributed by atoms with E-state index in [1.165, 1.54) is 6.20 Å². The highest BCUT2D eigenvalue weighted by molar-refractivity contribution is 14.1. The maximum atomic E-state index is 12.9. The standard InChI is InChI=1S/C11H9F2IN2O2/c1-2-18-9(17)3-8-10(11(12)13)6(4-15)7(14)5-16-8/h5,11H,2-3H2,1H3. The van der Waals surface area contributed by atoms with Gasteiger partial charge < -0.3 is 4.74 Å². The van der Waals surface area contributed by atoms with E-state index in [1.54, 1.807) is 35.6 Å². The molecule has 0 fully saturated rings. The van der Waals surface area contributed by atoms with Crippen LogP contribution in [0.15, 0.2) is 6.20 Å². The molecule has 0 aromatic carbocycles. The minimum absolute atomic E-state index is 0.111. The highest BCUT2D eigenvalue weighted by Crippen LogP contribution is 2.28. The van der Waals surface area contributed by atoms with Crippen molar-refractivity contribution in [3.8, 4) is 6.07 Å². The number of rotatable bonds is 4. The van der Waals surface area contributed by atoms with Gasteiger partial charge in [0.2, 0.25) is 0 Å². The predicted molar refractivity (Wildman–Crippen MR) is 67.0 cm³/mol.